The summed E-state index contributed by atoms with van der Waals surface area (Å²) in [6.07, 6.45) is 5.02. The molecule has 1 aromatic heterocycles. The summed E-state index contributed by atoms with van der Waals surface area (Å²) in [5.41, 5.74) is 1.12. The molecule has 0 aliphatic rings. The molecule has 0 saturated heterocycles. The van der Waals surface area contributed by atoms with Gasteiger partial charge in [0, 0.05) is 25.9 Å². The maximum absolute atomic E-state index is 11.7. The molecule has 1 amide bonds. The molecule has 0 aliphatic carbocycles. The molecular weight excluding hydrogens is 188 g/mol. The van der Waals surface area contributed by atoms with Gasteiger partial charge in [-0.2, -0.15) is 0 Å². The lowest BCUT2D eigenvalue weighted by Crippen LogP contribution is -2.29. The van der Waals surface area contributed by atoms with E-state index in [9.17, 15) is 4.79 Å². The summed E-state index contributed by atoms with van der Waals surface area (Å²) in [6.45, 7) is 4.05. The summed E-state index contributed by atoms with van der Waals surface area (Å²) in [6, 6.07) is 4.01. The van der Waals surface area contributed by atoms with Crippen molar-refractivity contribution in [2.75, 3.05) is 7.05 Å². The highest BCUT2D eigenvalue weighted by Crippen LogP contribution is 2.18. The van der Waals surface area contributed by atoms with E-state index in [-0.39, 0.29) is 11.9 Å². The van der Waals surface area contributed by atoms with Crippen molar-refractivity contribution in [2.24, 2.45) is 0 Å². The number of hydrogen-bond acceptors (Lipinski definition) is 2. The van der Waals surface area contributed by atoms with E-state index in [1.54, 1.807) is 17.3 Å². The molecule has 0 saturated carbocycles. The van der Waals surface area contributed by atoms with Crippen molar-refractivity contribution in [3.05, 3.63) is 30.1 Å². The van der Waals surface area contributed by atoms with Crippen molar-refractivity contribution in [1.29, 1.82) is 0 Å². The fraction of sp³-hybridized carbons (Fsp3) is 0.500. The molecule has 0 aromatic carbocycles. The first kappa shape index (κ1) is 11.7. The van der Waals surface area contributed by atoms with Crippen LogP contribution in [0.2, 0.25) is 0 Å². The van der Waals surface area contributed by atoms with Crippen molar-refractivity contribution in [1.82, 2.24) is 9.88 Å². The monoisotopic (exact) mass is 206 g/mol. The first-order valence-corrected chi connectivity index (χ1v) is 5.32. The number of amides is 1. The van der Waals surface area contributed by atoms with E-state index in [0.29, 0.717) is 6.42 Å². The number of rotatable bonds is 4. The Bertz CT molecular complexity index is 311. The Hall–Kier alpha value is -1.38. The zero-order valence-corrected chi connectivity index (χ0v) is 9.60. The Labute approximate surface area is 91.1 Å². The number of aromatic nitrogens is 1. The van der Waals surface area contributed by atoms with Crippen LogP contribution in [0, 0.1) is 0 Å². The van der Waals surface area contributed by atoms with Gasteiger partial charge in [-0.15, -0.1) is 0 Å². The quantitative estimate of drug-likeness (QED) is 0.758. The van der Waals surface area contributed by atoms with Crippen LogP contribution in [-0.2, 0) is 4.79 Å². The zero-order valence-electron chi connectivity index (χ0n) is 9.60. The molecule has 1 heterocycles. The molecule has 0 radical (unpaired) electrons. The number of carbonyl (C=O) groups excluding carboxylic acids is 1. The van der Waals surface area contributed by atoms with Crippen LogP contribution < -0.4 is 0 Å². The average Bonchev–Trinajstić information content (AvgIpc) is 2.28. The zero-order chi connectivity index (χ0) is 11.3. The molecular formula is C12H18N2O. The largest absolute Gasteiger partial charge is 0.339 e. The van der Waals surface area contributed by atoms with Crippen molar-refractivity contribution >= 4 is 5.91 Å². The lowest BCUT2D eigenvalue weighted by Gasteiger charge is -2.25. The molecule has 1 rings (SSSR count). The Morgan fingerprint density at radius 2 is 2.07 bits per heavy atom. The summed E-state index contributed by atoms with van der Waals surface area (Å²) in [5, 5.41) is 0. The van der Waals surface area contributed by atoms with Gasteiger partial charge in [-0.25, -0.2) is 0 Å². The van der Waals surface area contributed by atoms with Gasteiger partial charge in [0.25, 0.3) is 0 Å². The third-order valence-electron chi connectivity index (χ3n) is 2.63. The van der Waals surface area contributed by atoms with Gasteiger partial charge >= 0.3 is 0 Å². The second-order valence-electron chi connectivity index (χ2n) is 3.71. The molecule has 1 unspecified atom stereocenters. The van der Waals surface area contributed by atoms with Gasteiger partial charge in [0.2, 0.25) is 5.91 Å². The predicted molar refractivity (Wildman–Crippen MR) is 60.3 cm³/mol. The summed E-state index contributed by atoms with van der Waals surface area (Å²) in [7, 11) is 1.85. The van der Waals surface area contributed by atoms with Crippen molar-refractivity contribution < 1.29 is 4.79 Å². The third-order valence-corrected chi connectivity index (χ3v) is 2.63. The lowest BCUT2D eigenvalue weighted by atomic mass is 10.1. The van der Waals surface area contributed by atoms with Crippen LogP contribution in [0.5, 0.6) is 0 Å². The number of pyridine rings is 1. The third kappa shape index (κ3) is 3.05. The van der Waals surface area contributed by atoms with E-state index in [1.807, 2.05) is 33.0 Å². The highest BCUT2D eigenvalue weighted by molar-refractivity contribution is 5.76. The second-order valence-corrected chi connectivity index (χ2v) is 3.71. The molecule has 3 heteroatoms. The number of carbonyl (C=O) groups is 1. The van der Waals surface area contributed by atoms with Crippen LogP contribution in [0.4, 0.5) is 0 Å². The van der Waals surface area contributed by atoms with Crippen LogP contribution in [0.1, 0.15) is 38.3 Å². The first-order chi connectivity index (χ1) is 7.16. The Balaban J connectivity index is 2.68. The minimum atomic E-state index is 0.118. The van der Waals surface area contributed by atoms with Gasteiger partial charge in [0.05, 0.1) is 6.04 Å². The molecule has 15 heavy (non-hydrogen) atoms. The SMILES string of the molecule is CCCC(=O)N(C)C(C)c1ccncc1. The molecule has 82 valence electrons. The van der Waals surface area contributed by atoms with Gasteiger partial charge in [0.1, 0.15) is 0 Å². The number of nitrogens with zero attached hydrogens (tertiary/aromatic N) is 2. The van der Waals surface area contributed by atoms with Crippen LogP contribution >= 0.6 is 0 Å². The average molecular weight is 206 g/mol. The van der Waals surface area contributed by atoms with Crippen LogP contribution in [0.3, 0.4) is 0 Å². The number of hydrogen-bond donors (Lipinski definition) is 0. The van der Waals surface area contributed by atoms with E-state index in [4.69, 9.17) is 0 Å². The highest BCUT2D eigenvalue weighted by Gasteiger charge is 2.15. The second kappa shape index (κ2) is 5.49. The fourth-order valence-corrected chi connectivity index (χ4v) is 1.47. The Morgan fingerprint density at radius 1 is 1.47 bits per heavy atom. The maximum atomic E-state index is 11.7. The van der Waals surface area contributed by atoms with E-state index < -0.39 is 0 Å². The first-order valence-electron chi connectivity index (χ1n) is 5.32. The highest BCUT2D eigenvalue weighted by atomic mass is 16.2. The van der Waals surface area contributed by atoms with E-state index in [1.165, 1.54) is 0 Å². The molecule has 0 N–H and O–H groups in total. The topological polar surface area (TPSA) is 33.2 Å². The summed E-state index contributed by atoms with van der Waals surface area (Å²) in [5.74, 6) is 0.196. The smallest absolute Gasteiger partial charge is 0.222 e. The summed E-state index contributed by atoms with van der Waals surface area (Å²) < 4.78 is 0. The van der Waals surface area contributed by atoms with Gasteiger partial charge in [-0.1, -0.05) is 6.92 Å². The van der Waals surface area contributed by atoms with Crippen LogP contribution in [-0.4, -0.2) is 22.8 Å². The molecule has 1 aromatic rings. The van der Waals surface area contributed by atoms with Gasteiger partial charge in [0.15, 0.2) is 0 Å². The Kier molecular flexibility index (Phi) is 4.28. The summed E-state index contributed by atoms with van der Waals surface area (Å²) >= 11 is 0. The van der Waals surface area contributed by atoms with Crippen molar-refractivity contribution in [3.63, 3.8) is 0 Å². The predicted octanol–water partition coefficient (Wildman–Crippen LogP) is 2.40. The standard InChI is InChI=1S/C12H18N2O/c1-4-5-12(15)14(3)10(2)11-6-8-13-9-7-11/h6-10H,4-5H2,1-3H3. The summed E-state index contributed by atoms with van der Waals surface area (Å²) in [4.78, 5) is 17.4. The van der Waals surface area contributed by atoms with Crippen molar-refractivity contribution in [2.45, 2.75) is 32.7 Å². The van der Waals surface area contributed by atoms with Crippen LogP contribution in [0.15, 0.2) is 24.5 Å². The minimum absolute atomic E-state index is 0.118. The molecule has 0 fully saturated rings. The van der Waals surface area contributed by atoms with E-state index >= 15 is 0 Å². The molecule has 3 nitrogen and oxygen atoms in total. The van der Waals surface area contributed by atoms with E-state index in [2.05, 4.69) is 4.98 Å². The van der Waals surface area contributed by atoms with Gasteiger partial charge in [-0.3, -0.25) is 9.78 Å². The Morgan fingerprint density at radius 3 is 2.60 bits per heavy atom. The van der Waals surface area contributed by atoms with Gasteiger partial charge < -0.3 is 4.90 Å². The lowest BCUT2D eigenvalue weighted by molar-refractivity contribution is -0.131. The normalized spacial score (nSPS) is 12.2. The fourth-order valence-electron chi connectivity index (χ4n) is 1.47. The molecule has 0 spiro atoms. The van der Waals surface area contributed by atoms with E-state index in [0.717, 1.165) is 12.0 Å². The molecule has 0 aliphatic heterocycles. The maximum Gasteiger partial charge on any atom is 0.222 e. The van der Waals surface area contributed by atoms with Gasteiger partial charge in [-0.05, 0) is 31.0 Å². The molecule has 0 bridgehead atoms. The minimum Gasteiger partial charge on any atom is -0.339 e. The van der Waals surface area contributed by atoms with Crippen LogP contribution in [0.25, 0.3) is 0 Å². The van der Waals surface area contributed by atoms with Crippen molar-refractivity contribution in [3.8, 4) is 0 Å². The molecule has 1 atom stereocenters.